The van der Waals surface area contributed by atoms with E-state index in [1.54, 1.807) is 0 Å². The molecule has 0 N–H and O–H groups in total. The maximum Gasteiger partial charge on any atom is 0.149 e. The van der Waals surface area contributed by atoms with Gasteiger partial charge in [-0.1, -0.05) is 12.8 Å². The minimum Gasteiger partial charge on any atom is -0.301 e. The second kappa shape index (κ2) is 5.01. The molecule has 0 saturated carbocycles. The molecule has 0 aromatic heterocycles. The van der Waals surface area contributed by atoms with Crippen LogP contribution in [0, 0.1) is 12.3 Å². The van der Waals surface area contributed by atoms with Gasteiger partial charge < -0.3 is 4.79 Å². The molecule has 0 aliphatic heterocycles. The number of hydrogen-bond donors (Lipinski definition) is 0. The van der Waals surface area contributed by atoms with Crippen LogP contribution in [0.25, 0.3) is 0 Å². The number of aldehydes is 1. The number of likely N-dealkylation sites (N-methyl/N-ethyl adjacent to an activating group) is 1. The first kappa shape index (κ1) is 9.19. The summed E-state index contributed by atoms with van der Waals surface area (Å²) in [6.45, 7) is 2.92. The fraction of sp³-hybridized carbons (Fsp3) is 0.625. The average Bonchev–Trinajstić information content (AvgIpc) is 1.91. The topological polar surface area (TPSA) is 20.3 Å². The molecule has 2 heteroatoms. The van der Waals surface area contributed by atoms with Gasteiger partial charge in [-0.05, 0) is 20.0 Å². The van der Waals surface area contributed by atoms with Crippen LogP contribution in [-0.4, -0.2) is 30.8 Å². The van der Waals surface area contributed by atoms with Gasteiger partial charge in [0.25, 0.3) is 0 Å². The lowest BCUT2D eigenvalue weighted by Gasteiger charge is -2.17. The predicted octanol–water partition coefficient (Wildman–Crippen LogP) is 0.529. The highest BCUT2D eigenvalue weighted by molar-refractivity contribution is 5.62. The predicted molar refractivity (Wildman–Crippen MR) is 41.6 cm³/mol. The van der Waals surface area contributed by atoms with E-state index < -0.39 is 0 Å². The second-order valence-corrected chi connectivity index (χ2v) is 2.23. The standard InChI is InChI=1S/C8H13NO/c1-4-6-9(3)8(5-2)7-10/h2,7-8H,4,6H2,1,3H3/t8-/m1/s1. The van der Waals surface area contributed by atoms with E-state index in [2.05, 4.69) is 12.8 Å². The van der Waals surface area contributed by atoms with Gasteiger partial charge in [0.2, 0.25) is 0 Å². The van der Waals surface area contributed by atoms with E-state index >= 15 is 0 Å². The van der Waals surface area contributed by atoms with Crippen LogP contribution >= 0.6 is 0 Å². The number of carbonyl (C=O) groups is 1. The van der Waals surface area contributed by atoms with Gasteiger partial charge in [0.05, 0.1) is 0 Å². The SMILES string of the molecule is C#C[C@H](C=O)N(C)CCC. The van der Waals surface area contributed by atoms with Crippen molar-refractivity contribution in [3.8, 4) is 12.3 Å². The van der Waals surface area contributed by atoms with E-state index in [1.165, 1.54) is 0 Å². The lowest BCUT2D eigenvalue weighted by molar-refractivity contribution is -0.110. The summed E-state index contributed by atoms with van der Waals surface area (Å²) in [5.41, 5.74) is 0. The Bertz CT molecular complexity index is 137. The van der Waals surface area contributed by atoms with Gasteiger partial charge in [-0.15, -0.1) is 6.42 Å². The normalized spacial score (nSPS) is 12.6. The summed E-state index contributed by atoms with van der Waals surface area (Å²) >= 11 is 0. The number of rotatable bonds is 4. The third-order valence-electron chi connectivity index (χ3n) is 1.35. The van der Waals surface area contributed by atoms with Crippen molar-refractivity contribution in [1.29, 1.82) is 0 Å². The van der Waals surface area contributed by atoms with Gasteiger partial charge in [0.15, 0.2) is 0 Å². The molecule has 2 nitrogen and oxygen atoms in total. The van der Waals surface area contributed by atoms with Crippen molar-refractivity contribution >= 4 is 6.29 Å². The first-order valence-corrected chi connectivity index (χ1v) is 3.38. The molecule has 0 aromatic carbocycles. The number of carbonyl (C=O) groups excluding carboxylic acids is 1. The Labute approximate surface area is 62.2 Å². The third kappa shape index (κ3) is 2.65. The number of nitrogens with zero attached hydrogens (tertiary/aromatic N) is 1. The Kier molecular flexibility index (Phi) is 4.61. The zero-order valence-corrected chi connectivity index (χ0v) is 6.50. The van der Waals surface area contributed by atoms with Crippen LogP contribution in [0.4, 0.5) is 0 Å². The van der Waals surface area contributed by atoms with Crippen LogP contribution in [0.3, 0.4) is 0 Å². The maximum absolute atomic E-state index is 10.3. The first-order chi connectivity index (χ1) is 4.76. The van der Waals surface area contributed by atoms with Crippen molar-refractivity contribution in [3.63, 3.8) is 0 Å². The Balaban J connectivity index is 3.79. The minimum atomic E-state index is -0.347. The summed E-state index contributed by atoms with van der Waals surface area (Å²) < 4.78 is 0. The molecule has 0 aliphatic carbocycles. The van der Waals surface area contributed by atoms with Crippen molar-refractivity contribution in [1.82, 2.24) is 4.90 Å². The Hall–Kier alpha value is -0.810. The lowest BCUT2D eigenvalue weighted by Crippen LogP contribution is -2.32. The van der Waals surface area contributed by atoms with Crippen LogP contribution in [0.15, 0.2) is 0 Å². The Morgan fingerprint density at radius 3 is 2.70 bits per heavy atom. The van der Waals surface area contributed by atoms with E-state index in [1.807, 2.05) is 11.9 Å². The molecule has 0 unspecified atom stereocenters. The van der Waals surface area contributed by atoms with Crippen LogP contribution in [0.1, 0.15) is 13.3 Å². The van der Waals surface area contributed by atoms with Crippen LogP contribution in [-0.2, 0) is 4.79 Å². The molecule has 0 spiro atoms. The fourth-order valence-corrected chi connectivity index (χ4v) is 0.762. The molecule has 0 aromatic rings. The van der Waals surface area contributed by atoms with Gasteiger partial charge in [0.1, 0.15) is 12.3 Å². The molecule has 0 radical (unpaired) electrons. The van der Waals surface area contributed by atoms with Crippen molar-refractivity contribution in [2.75, 3.05) is 13.6 Å². The van der Waals surface area contributed by atoms with E-state index in [0.29, 0.717) is 0 Å². The molecular weight excluding hydrogens is 126 g/mol. The van der Waals surface area contributed by atoms with Crippen LogP contribution < -0.4 is 0 Å². The quantitative estimate of drug-likeness (QED) is 0.418. The van der Waals surface area contributed by atoms with E-state index in [4.69, 9.17) is 6.42 Å². The molecular formula is C8H13NO. The summed E-state index contributed by atoms with van der Waals surface area (Å²) in [6, 6.07) is -0.347. The van der Waals surface area contributed by atoms with Crippen molar-refractivity contribution in [2.24, 2.45) is 0 Å². The molecule has 1 atom stereocenters. The summed E-state index contributed by atoms with van der Waals surface area (Å²) in [7, 11) is 1.85. The van der Waals surface area contributed by atoms with Crippen LogP contribution in [0.2, 0.25) is 0 Å². The van der Waals surface area contributed by atoms with Crippen molar-refractivity contribution < 1.29 is 4.79 Å². The van der Waals surface area contributed by atoms with Crippen molar-refractivity contribution in [2.45, 2.75) is 19.4 Å². The Morgan fingerprint density at radius 1 is 1.80 bits per heavy atom. The zero-order chi connectivity index (χ0) is 7.98. The average molecular weight is 139 g/mol. The first-order valence-electron chi connectivity index (χ1n) is 3.38. The summed E-state index contributed by atoms with van der Waals surface area (Å²) in [5, 5.41) is 0. The Morgan fingerprint density at radius 2 is 2.40 bits per heavy atom. The summed E-state index contributed by atoms with van der Waals surface area (Å²) in [6.07, 6.45) is 6.90. The third-order valence-corrected chi connectivity index (χ3v) is 1.35. The zero-order valence-electron chi connectivity index (χ0n) is 6.50. The van der Waals surface area contributed by atoms with Gasteiger partial charge in [-0.25, -0.2) is 0 Å². The highest BCUT2D eigenvalue weighted by Gasteiger charge is 2.07. The second-order valence-electron chi connectivity index (χ2n) is 2.23. The molecule has 0 saturated heterocycles. The highest BCUT2D eigenvalue weighted by Crippen LogP contribution is 1.92. The van der Waals surface area contributed by atoms with E-state index in [0.717, 1.165) is 19.3 Å². The molecule has 0 fully saturated rings. The molecule has 10 heavy (non-hydrogen) atoms. The number of hydrogen-bond acceptors (Lipinski definition) is 2. The molecule has 56 valence electrons. The van der Waals surface area contributed by atoms with Gasteiger partial charge in [-0.3, -0.25) is 4.90 Å². The lowest BCUT2D eigenvalue weighted by atomic mass is 10.3. The van der Waals surface area contributed by atoms with Crippen molar-refractivity contribution in [3.05, 3.63) is 0 Å². The molecule has 0 bridgehead atoms. The van der Waals surface area contributed by atoms with E-state index in [-0.39, 0.29) is 6.04 Å². The molecule has 0 rings (SSSR count). The number of terminal acetylenes is 1. The van der Waals surface area contributed by atoms with E-state index in [9.17, 15) is 4.79 Å². The van der Waals surface area contributed by atoms with Gasteiger partial charge >= 0.3 is 0 Å². The molecule has 0 heterocycles. The molecule has 0 aliphatic rings. The smallest absolute Gasteiger partial charge is 0.149 e. The fourth-order valence-electron chi connectivity index (χ4n) is 0.762. The monoisotopic (exact) mass is 139 g/mol. The summed E-state index contributed by atoms with van der Waals surface area (Å²) in [5.74, 6) is 2.39. The summed E-state index contributed by atoms with van der Waals surface area (Å²) in [4.78, 5) is 12.1. The minimum absolute atomic E-state index is 0.347. The van der Waals surface area contributed by atoms with Gasteiger partial charge in [-0.2, -0.15) is 0 Å². The maximum atomic E-state index is 10.3. The highest BCUT2D eigenvalue weighted by atomic mass is 16.1. The van der Waals surface area contributed by atoms with Gasteiger partial charge in [0, 0.05) is 0 Å². The largest absolute Gasteiger partial charge is 0.301 e. The van der Waals surface area contributed by atoms with Crippen LogP contribution in [0.5, 0.6) is 0 Å². The molecule has 0 amide bonds.